The maximum Gasteiger partial charge on any atom is 0.326 e. The van der Waals surface area contributed by atoms with Gasteiger partial charge in [0.15, 0.2) is 0 Å². The molecule has 0 spiro atoms. The lowest BCUT2D eigenvalue weighted by Crippen LogP contribution is -2.46. The van der Waals surface area contributed by atoms with Gasteiger partial charge in [-0.2, -0.15) is 0 Å². The van der Waals surface area contributed by atoms with Gasteiger partial charge in [-0.1, -0.05) is 0 Å². The third kappa shape index (κ3) is 3.01. The summed E-state index contributed by atoms with van der Waals surface area (Å²) >= 11 is 0. The number of pyridine rings is 1. The zero-order valence-electron chi connectivity index (χ0n) is 10.8. The molecule has 1 aliphatic heterocycles. The van der Waals surface area contributed by atoms with Crippen LogP contribution in [0.1, 0.15) is 18.4 Å². The topological polar surface area (TPSA) is 73.7 Å². The summed E-state index contributed by atoms with van der Waals surface area (Å²) in [6.45, 7) is 0.959. The largest absolute Gasteiger partial charge is 0.480 e. The average Bonchev–Trinajstić information content (AvgIpc) is 2.88. The van der Waals surface area contributed by atoms with Crippen molar-refractivity contribution in [3.63, 3.8) is 0 Å². The van der Waals surface area contributed by atoms with E-state index in [2.05, 4.69) is 4.98 Å². The highest BCUT2D eigenvalue weighted by Gasteiger charge is 2.35. The molecule has 0 radical (unpaired) electrons. The average molecular weight is 263 g/mol. The molecule has 6 nitrogen and oxygen atoms in total. The van der Waals surface area contributed by atoms with Gasteiger partial charge >= 0.3 is 12.0 Å². The van der Waals surface area contributed by atoms with Crippen molar-refractivity contribution in [3.8, 4) is 0 Å². The van der Waals surface area contributed by atoms with Crippen LogP contribution in [0.15, 0.2) is 24.5 Å². The van der Waals surface area contributed by atoms with E-state index >= 15 is 0 Å². The molecule has 102 valence electrons. The molecule has 0 aliphatic carbocycles. The fraction of sp³-hybridized carbons (Fsp3) is 0.462. The molecule has 2 heterocycles. The van der Waals surface area contributed by atoms with E-state index in [9.17, 15) is 9.59 Å². The highest BCUT2D eigenvalue weighted by atomic mass is 16.4. The molecule has 1 aliphatic rings. The Labute approximate surface area is 111 Å². The highest BCUT2D eigenvalue weighted by molar-refractivity contribution is 5.83. The summed E-state index contributed by atoms with van der Waals surface area (Å²) in [4.78, 5) is 30.2. The predicted molar refractivity (Wildman–Crippen MR) is 68.5 cm³/mol. The van der Waals surface area contributed by atoms with Gasteiger partial charge in [0.2, 0.25) is 0 Å². The Balaban J connectivity index is 2.01. The van der Waals surface area contributed by atoms with Crippen LogP contribution in [0.4, 0.5) is 4.79 Å². The van der Waals surface area contributed by atoms with Gasteiger partial charge in [0.1, 0.15) is 6.04 Å². The number of aromatic nitrogens is 1. The number of amides is 2. The van der Waals surface area contributed by atoms with Gasteiger partial charge in [-0.3, -0.25) is 4.98 Å². The quantitative estimate of drug-likeness (QED) is 0.888. The number of carboxylic acid groups (broad SMARTS) is 1. The third-order valence-corrected chi connectivity index (χ3v) is 3.28. The summed E-state index contributed by atoms with van der Waals surface area (Å²) in [5.41, 5.74) is 0.969. The van der Waals surface area contributed by atoms with Gasteiger partial charge in [-0.25, -0.2) is 9.59 Å². The lowest BCUT2D eigenvalue weighted by molar-refractivity contribution is -0.141. The maximum absolute atomic E-state index is 12.2. The molecule has 0 aromatic carbocycles. The van der Waals surface area contributed by atoms with E-state index < -0.39 is 12.0 Å². The fourth-order valence-electron chi connectivity index (χ4n) is 2.30. The Hall–Kier alpha value is -2.11. The second-order valence-corrected chi connectivity index (χ2v) is 4.68. The summed E-state index contributed by atoms with van der Waals surface area (Å²) in [6, 6.07) is 2.75. The van der Waals surface area contributed by atoms with E-state index in [0.717, 1.165) is 12.0 Å². The Morgan fingerprint density at radius 2 is 2.16 bits per heavy atom. The molecule has 0 unspecified atom stereocenters. The van der Waals surface area contributed by atoms with E-state index in [1.165, 1.54) is 9.80 Å². The fourth-order valence-corrected chi connectivity index (χ4v) is 2.30. The molecule has 19 heavy (non-hydrogen) atoms. The second-order valence-electron chi connectivity index (χ2n) is 4.68. The Bertz CT molecular complexity index is 463. The summed E-state index contributed by atoms with van der Waals surface area (Å²) in [5.74, 6) is -0.928. The van der Waals surface area contributed by atoms with Crippen LogP contribution in [0.2, 0.25) is 0 Å². The minimum atomic E-state index is -0.928. The molecule has 0 bridgehead atoms. The molecule has 1 aromatic heterocycles. The van der Waals surface area contributed by atoms with Crippen LogP contribution in [0, 0.1) is 0 Å². The SMILES string of the molecule is CN(Cc1ccncc1)C(=O)N1CCC[C@H]1C(=O)O. The number of carbonyl (C=O) groups is 2. The molecule has 1 saturated heterocycles. The zero-order valence-corrected chi connectivity index (χ0v) is 10.8. The van der Waals surface area contributed by atoms with Crippen molar-refractivity contribution in [1.29, 1.82) is 0 Å². The number of aliphatic carboxylic acids is 1. The molecule has 6 heteroatoms. The molecule has 1 N–H and O–H groups in total. The highest BCUT2D eigenvalue weighted by Crippen LogP contribution is 2.19. The first-order valence-electron chi connectivity index (χ1n) is 6.23. The van der Waals surface area contributed by atoms with Gasteiger partial charge in [0.05, 0.1) is 0 Å². The molecule has 2 amide bonds. The first kappa shape index (κ1) is 13.3. The van der Waals surface area contributed by atoms with E-state index in [-0.39, 0.29) is 6.03 Å². The molecule has 1 aromatic rings. The van der Waals surface area contributed by atoms with E-state index in [4.69, 9.17) is 5.11 Å². The van der Waals surface area contributed by atoms with Crippen LogP contribution in [-0.2, 0) is 11.3 Å². The van der Waals surface area contributed by atoms with Crippen LogP contribution >= 0.6 is 0 Å². The lowest BCUT2D eigenvalue weighted by Gasteiger charge is -2.27. The predicted octanol–water partition coefficient (Wildman–Crippen LogP) is 1.18. The smallest absolute Gasteiger partial charge is 0.326 e. The Kier molecular flexibility index (Phi) is 3.99. The lowest BCUT2D eigenvalue weighted by atomic mass is 10.2. The molecule has 0 saturated carbocycles. The number of hydrogen-bond donors (Lipinski definition) is 1. The summed E-state index contributed by atoms with van der Waals surface area (Å²) in [6.07, 6.45) is 4.61. The Morgan fingerprint density at radius 3 is 2.79 bits per heavy atom. The van der Waals surface area contributed by atoms with Crippen molar-refractivity contribution in [2.24, 2.45) is 0 Å². The van der Waals surface area contributed by atoms with Crippen LogP contribution in [0.5, 0.6) is 0 Å². The minimum Gasteiger partial charge on any atom is -0.480 e. The van der Waals surface area contributed by atoms with Gasteiger partial charge in [0, 0.05) is 32.5 Å². The number of carboxylic acids is 1. The molecular formula is C13H17N3O3. The normalized spacial score (nSPS) is 18.4. The van der Waals surface area contributed by atoms with Crippen molar-refractivity contribution < 1.29 is 14.7 Å². The van der Waals surface area contributed by atoms with Crippen molar-refractivity contribution in [2.75, 3.05) is 13.6 Å². The van der Waals surface area contributed by atoms with Crippen molar-refractivity contribution in [3.05, 3.63) is 30.1 Å². The minimum absolute atomic E-state index is 0.235. The summed E-state index contributed by atoms with van der Waals surface area (Å²) in [5, 5.41) is 9.08. The molecule has 2 rings (SSSR count). The van der Waals surface area contributed by atoms with Gasteiger partial charge < -0.3 is 14.9 Å². The number of hydrogen-bond acceptors (Lipinski definition) is 3. The molecule has 1 fully saturated rings. The van der Waals surface area contributed by atoms with E-state index in [1.807, 2.05) is 12.1 Å². The zero-order chi connectivity index (χ0) is 13.8. The van der Waals surface area contributed by atoms with Crippen molar-refractivity contribution >= 4 is 12.0 Å². The van der Waals surface area contributed by atoms with Gasteiger partial charge in [0.25, 0.3) is 0 Å². The van der Waals surface area contributed by atoms with Gasteiger partial charge in [-0.05, 0) is 30.5 Å². The molecular weight excluding hydrogens is 246 g/mol. The third-order valence-electron chi connectivity index (χ3n) is 3.28. The van der Waals surface area contributed by atoms with Crippen molar-refractivity contribution in [1.82, 2.24) is 14.8 Å². The second kappa shape index (κ2) is 5.69. The molecule has 1 atom stereocenters. The van der Waals surface area contributed by atoms with Crippen LogP contribution in [-0.4, -0.2) is 51.5 Å². The number of rotatable bonds is 3. The first-order valence-corrected chi connectivity index (χ1v) is 6.23. The maximum atomic E-state index is 12.2. The van der Waals surface area contributed by atoms with E-state index in [1.54, 1.807) is 19.4 Å². The van der Waals surface area contributed by atoms with E-state index in [0.29, 0.717) is 19.5 Å². The summed E-state index contributed by atoms with van der Waals surface area (Å²) < 4.78 is 0. The number of urea groups is 1. The number of carbonyl (C=O) groups excluding carboxylic acids is 1. The first-order chi connectivity index (χ1) is 9.09. The monoisotopic (exact) mass is 263 g/mol. The van der Waals surface area contributed by atoms with Crippen LogP contribution in [0.25, 0.3) is 0 Å². The Morgan fingerprint density at radius 1 is 1.47 bits per heavy atom. The van der Waals surface area contributed by atoms with Crippen LogP contribution < -0.4 is 0 Å². The standard InChI is InChI=1S/C13H17N3O3/c1-15(9-10-4-6-14-7-5-10)13(19)16-8-2-3-11(16)12(17)18/h4-7,11H,2-3,8-9H2,1H3,(H,17,18)/t11-/m0/s1. The van der Waals surface area contributed by atoms with Gasteiger partial charge in [-0.15, -0.1) is 0 Å². The van der Waals surface area contributed by atoms with Crippen LogP contribution in [0.3, 0.4) is 0 Å². The number of nitrogens with zero attached hydrogens (tertiary/aromatic N) is 3. The van der Waals surface area contributed by atoms with Crippen molar-refractivity contribution in [2.45, 2.75) is 25.4 Å². The summed E-state index contributed by atoms with van der Waals surface area (Å²) in [7, 11) is 1.68. The number of likely N-dealkylation sites (tertiary alicyclic amines) is 1.